The Morgan fingerprint density at radius 1 is 1.06 bits per heavy atom. The smallest absolute Gasteiger partial charge is 0.338 e. The zero-order valence-electron chi connectivity index (χ0n) is 17.7. The average Bonchev–Trinajstić information content (AvgIpc) is 3.02. The number of ether oxygens (including phenoxy) is 1. The standard InChI is InChI=1S/C25H22N2O5/c1-15-6-8-18-17(13-23(28)32-21(18)11-15)14-31-25(30)16-7-9-19-20(12-16)26-22-5-3-2-4-10-27(22)24(19)29/h6-9,11-13H,2-5,10,14H2,1H3. The molecule has 4 aromatic rings. The van der Waals surface area contributed by atoms with Gasteiger partial charge in [0.2, 0.25) is 0 Å². The maximum Gasteiger partial charge on any atom is 0.338 e. The SMILES string of the molecule is Cc1ccc2c(COC(=O)c3ccc4c(=O)n5c(nc4c3)CCCCC5)cc(=O)oc2c1. The first-order chi connectivity index (χ1) is 15.5. The Balaban J connectivity index is 1.44. The molecule has 5 rings (SSSR count). The minimum Gasteiger partial charge on any atom is -0.457 e. The number of carbonyl (C=O) groups is 1. The molecule has 3 heterocycles. The number of benzene rings is 2. The molecule has 0 aliphatic carbocycles. The van der Waals surface area contributed by atoms with Gasteiger partial charge in [-0.15, -0.1) is 0 Å². The van der Waals surface area contributed by atoms with Crippen molar-refractivity contribution in [3.05, 3.63) is 85.8 Å². The summed E-state index contributed by atoms with van der Waals surface area (Å²) in [5, 5.41) is 1.22. The first kappa shape index (κ1) is 20.2. The predicted octanol–water partition coefficient (Wildman–Crippen LogP) is 3.89. The van der Waals surface area contributed by atoms with Crippen molar-refractivity contribution in [3.8, 4) is 0 Å². The number of rotatable bonds is 3. The molecule has 7 nitrogen and oxygen atoms in total. The zero-order valence-corrected chi connectivity index (χ0v) is 17.7. The first-order valence-corrected chi connectivity index (χ1v) is 10.7. The normalized spacial score (nSPS) is 13.7. The van der Waals surface area contributed by atoms with E-state index in [2.05, 4.69) is 4.98 Å². The van der Waals surface area contributed by atoms with Crippen LogP contribution in [-0.2, 0) is 24.3 Å². The van der Waals surface area contributed by atoms with Crippen LogP contribution in [0.15, 0.2) is 56.5 Å². The van der Waals surface area contributed by atoms with Crippen LogP contribution >= 0.6 is 0 Å². The van der Waals surface area contributed by atoms with Gasteiger partial charge in [0, 0.05) is 30.0 Å². The van der Waals surface area contributed by atoms with Gasteiger partial charge in [0.05, 0.1) is 16.5 Å². The number of aryl methyl sites for hydroxylation is 2. The molecule has 1 aliphatic heterocycles. The number of fused-ring (bicyclic) bond motifs is 3. The second-order valence-electron chi connectivity index (χ2n) is 8.19. The van der Waals surface area contributed by atoms with Crippen LogP contribution in [0.2, 0.25) is 0 Å². The summed E-state index contributed by atoms with van der Waals surface area (Å²) < 4.78 is 12.5. The van der Waals surface area contributed by atoms with Gasteiger partial charge in [-0.1, -0.05) is 18.6 Å². The van der Waals surface area contributed by atoms with Crippen LogP contribution in [0.1, 0.15) is 46.6 Å². The van der Waals surface area contributed by atoms with Crippen LogP contribution in [0.5, 0.6) is 0 Å². The number of hydrogen-bond acceptors (Lipinski definition) is 6. The van der Waals surface area contributed by atoms with Gasteiger partial charge in [-0.05, 0) is 49.6 Å². The van der Waals surface area contributed by atoms with E-state index in [-0.39, 0.29) is 12.2 Å². The maximum atomic E-state index is 12.9. The predicted molar refractivity (Wildman–Crippen MR) is 120 cm³/mol. The van der Waals surface area contributed by atoms with Gasteiger partial charge in [0.1, 0.15) is 18.0 Å². The van der Waals surface area contributed by atoms with Gasteiger partial charge < -0.3 is 9.15 Å². The summed E-state index contributed by atoms with van der Waals surface area (Å²) >= 11 is 0. The molecule has 0 atom stereocenters. The van der Waals surface area contributed by atoms with Crippen molar-refractivity contribution in [3.63, 3.8) is 0 Å². The fraction of sp³-hybridized carbons (Fsp3) is 0.280. The molecule has 0 unspecified atom stereocenters. The molecule has 0 saturated heterocycles. The van der Waals surface area contributed by atoms with Crippen molar-refractivity contribution in [1.82, 2.24) is 9.55 Å². The molecule has 162 valence electrons. The van der Waals surface area contributed by atoms with Crippen LogP contribution in [-0.4, -0.2) is 15.5 Å². The topological polar surface area (TPSA) is 91.4 Å². The molecule has 0 N–H and O–H groups in total. The van der Waals surface area contributed by atoms with E-state index >= 15 is 0 Å². The van der Waals surface area contributed by atoms with E-state index in [1.165, 1.54) is 6.07 Å². The average molecular weight is 430 g/mol. The van der Waals surface area contributed by atoms with Crippen molar-refractivity contribution in [2.24, 2.45) is 0 Å². The summed E-state index contributed by atoms with van der Waals surface area (Å²) in [5.74, 6) is 0.223. The quantitative estimate of drug-likeness (QED) is 0.362. The summed E-state index contributed by atoms with van der Waals surface area (Å²) in [4.78, 5) is 42.2. The van der Waals surface area contributed by atoms with Gasteiger partial charge in [0.25, 0.3) is 5.56 Å². The van der Waals surface area contributed by atoms with Crippen molar-refractivity contribution in [1.29, 1.82) is 0 Å². The van der Waals surface area contributed by atoms with Crippen molar-refractivity contribution in [2.75, 3.05) is 0 Å². The lowest BCUT2D eigenvalue weighted by Gasteiger charge is -2.11. The molecule has 0 amide bonds. The Bertz CT molecular complexity index is 1480. The summed E-state index contributed by atoms with van der Waals surface area (Å²) in [5.41, 5.74) is 2.25. The van der Waals surface area contributed by atoms with Crippen molar-refractivity contribution >= 4 is 27.8 Å². The minimum atomic E-state index is -0.544. The van der Waals surface area contributed by atoms with Crippen LogP contribution in [0.4, 0.5) is 0 Å². The molecular weight excluding hydrogens is 408 g/mol. The zero-order chi connectivity index (χ0) is 22.2. The van der Waals surface area contributed by atoms with E-state index in [4.69, 9.17) is 9.15 Å². The van der Waals surface area contributed by atoms with Gasteiger partial charge in [0.15, 0.2) is 0 Å². The lowest BCUT2D eigenvalue weighted by Crippen LogP contribution is -2.24. The number of nitrogens with zero attached hydrogens (tertiary/aromatic N) is 2. The third kappa shape index (κ3) is 3.70. The van der Waals surface area contributed by atoms with E-state index < -0.39 is 11.6 Å². The molecular formula is C25H22N2O5. The fourth-order valence-electron chi connectivity index (χ4n) is 4.23. The monoisotopic (exact) mass is 430 g/mol. The fourth-order valence-corrected chi connectivity index (χ4v) is 4.23. The van der Waals surface area contributed by atoms with E-state index in [9.17, 15) is 14.4 Å². The molecule has 32 heavy (non-hydrogen) atoms. The molecule has 0 bridgehead atoms. The number of carbonyl (C=O) groups excluding carboxylic acids is 1. The van der Waals surface area contributed by atoms with Crippen LogP contribution in [0.25, 0.3) is 21.9 Å². The summed E-state index contributed by atoms with van der Waals surface area (Å²) in [6.07, 6.45) is 3.79. The molecule has 0 radical (unpaired) electrons. The third-order valence-corrected chi connectivity index (χ3v) is 5.90. The summed E-state index contributed by atoms with van der Waals surface area (Å²) in [7, 11) is 0. The van der Waals surface area contributed by atoms with Gasteiger partial charge in [-0.2, -0.15) is 0 Å². The highest BCUT2D eigenvalue weighted by molar-refractivity contribution is 5.94. The molecule has 1 aliphatic rings. The largest absolute Gasteiger partial charge is 0.457 e. The van der Waals surface area contributed by atoms with E-state index in [1.807, 2.05) is 19.1 Å². The molecule has 2 aromatic carbocycles. The Hall–Kier alpha value is -3.74. The molecule has 0 saturated carbocycles. The highest BCUT2D eigenvalue weighted by Gasteiger charge is 2.16. The van der Waals surface area contributed by atoms with Gasteiger partial charge in [-0.3, -0.25) is 9.36 Å². The van der Waals surface area contributed by atoms with E-state index in [1.54, 1.807) is 28.8 Å². The van der Waals surface area contributed by atoms with Crippen molar-refractivity contribution < 1.29 is 13.9 Å². The third-order valence-electron chi connectivity index (χ3n) is 5.90. The Morgan fingerprint density at radius 3 is 2.78 bits per heavy atom. The maximum absolute atomic E-state index is 12.9. The molecule has 2 aromatic heterocycles. The Labute approximate surface area is 183 Å². The van der Waals surface area contributed by atoms with Crippen LogP contribution < -0.4 is 11.2 Å². The molecule has 0 fully saturated rings. The van der Waals surface area contributed by atoms with E-state index in [0.29, 0.717) is 34.2 Å². The molecule has 0 spiro atoms. The summed E-state index contributed by atoms with van der Waals surface area (Å²) in [6, 6.07) is 11.7. The highest BCUT2D eigenvalue weighted by atomic mass is 16.5. The van der Waals surface area contributed by atoms with E-state index in [0.717, 1.165) is 42.5 Å². The van der Waals surface area contributed by atoms with Gasteiger partial charge in [-0.25, -0.2) is 14.6 Å². The Kier molecular flexibility index (Phi) is 5.09. The highest BCUT2D eigenvalue weighted by Crippen LogP contribution is 2.21. The second-order valence-corrected chi connectivity index (χ2v) is 8.19. The number of esters is 1. The van der Waals surface area contributed by atoms with Crippen LogP contribution in [0.3, 0.4) is 0 Å². The summed E-state index contributed by atoms with van der Waals surface area (Å²) in [6.45, 7) is 2.52. The second kappa shape index (κ2) is 8.07. The van der Waals surface area contributed by atoms with Crippen LogP contribution in [0, 0.1) is 6.92 Å². The van der Waals surface area contributed by atoms with Crippen molar-refractivity contribution in [2.45, 2.75) is 45.8 Å². The lowest BCUT2D eigenvalue weighted by atomic mass is 10.1. The number of hydrogen-bond donors (Lipinski definition) is 0. The minimum absolute atomic E-state index is 0.0652. The number of aromatic nitrogens is 2. The Morgan fingerprint density at radius 2 is 1.91 bits per heavy atom. The first-order valence-electron chi connectivity index (χ1n) is 10.7. The molecule has 7 heteroatoms. The lowest BCUT2D eigenvalue weighted by molar-refractivity contribution is 0.0474. The van der Waals surface area contributed by atoms with Gasteiger partial charge >= 0.3 is 11.6 Å².